The number of carboxylic acids is 1. The number of ether oxygens (including phenoxy) is 1. The number of nitrogens with one attached hydrogen (secondary N) is 1. The molecule has 2 rings (SSSR count). The first-order valence-electron chi connectivity index (χ1n) is 10.6. The number of nitrogens with zero attached hydrogens (tertiary/aromatic N) is 1. The number of benzene rings is 1. The molecule has 1 aliphatic carbocycles. The predicted molar refractivity (Wildman–Crippen MR) is 119 cm³/mol. The van der Waals surface area contributed by atoms with Gasteiger partial charge in [0.2, 0.25) is 6.41 Å². The van der Waals surface area contributed by atoms with E-state index in [0.29, 0.717) is 29.7 Å². The van der Waals surface area contributed by atoms with E-state index in [-0.39, 0.29) is 13.0 Å². The Bertz CT molecular complexity index is 766. The van der Waals surface area contributed by atoms with Gasteiger partial charge in [0.05, 0.1) is 23.6 Å². The summed E-state index contributed by atoms with van der Waals surface area (Å²) >= 11 is 6.54. The summed E-state index contributed by atoms with van der Waals surface area (Å²) in [6.07, 6.45) is 7.10. The van der Waals surface area contributed by atoms with Crippen LogP contribution in [0.15, 0.2) is 30.0 Å². The van der Waals surface area contributed by atoms with Gasteiger partial charge in [-0.25, -0.2) is 0 Å². The first-order valence-corrected chi connectivity index (χ1v) is 11.0. The minimum atomic E-state index is -0.927. The highest BCUT2D eigenvalue weighted by Crippen LogP contribution is 2.43. The third-order valence-electron chi connectivity index (χ3n) is 5.64. The Labute approximate surface area is 184 Å². The van der Waals surface area contributed by atoms with Gasteiger partial charge in [-0.05, 0) is 61.9 Å². The van der Waals surface area contributed by atoms with Crippen molar-refractivity contribution in [2.45, 2.75) is 57.9 Å². The van der Waals surface area contributed by atoms with Gasteiger partial charge in [0, 0.05) is 12.7 Å². The van der Waals surface area contributed by atoms with E-state index in [9.17, 15) is 9.59 Å². The van der Waals surface area contributed by atoms with Gasteiger partial charge >= 0.3 is 5.97 Å². The smallest absolute Gasteiger partial charge is 0.305 e. The summed E-state index contributed by atoms with van der Waals surface area (Å²) in [7, 11) is 1.91. The van der Waals surface area contributed by atoms with Crippen LogP contribution >= 0.6 is 11.6 Å². The number of carbonyl (C=O) groups excluding carboxylic acids is 1. The average Bonchev–Trinajstić information content (AvgIpc) is 2.72. The lowest BCUT2D eigenvalue weighted by Gasteiger charge is -2.41. The lowest BCUT2D eigenvalue weighted by atomic mass is 9.73. The molecular weight excluding hydrogens is 404 g/mol. The molecular formula is C23H33ClN2O4. The van der Waals surface area contributed by atoms with Gasteiger partial charge in [-0.3, -0.25) is 9.59 Å². The Balaban J connectivity index is 2.31. The topological polar surface area (TPSA) is 78.9 Å². The number of halogens is 1. The zero-order valence-electron chi connectivity index (χ0n) is 18.1. The van der Waals surface area contributed by atoms with Crippen LogP contribution in [0.25, 0.3) is 0 Å². The number of carboxylic acid groups (broad SMARTS) is 1. The summed E-state index contributed by atoms with van der Waals surface area (Å²) in [5.74, 6) is 0.306. The van der Waals surface area contributed by atoms with Crippen LogP contribution in [-0.4, -0.2) is 42.6 Å². The van der Waals surface area contributed by atoms with Gasteiger partial charge in [-0.15, -0.1) is 0 Å². The largest absolute Gasteiger partial charge is 0.492 e. The first kappa shape index (κ1) is 24.2. The maximum Gasteiger partial charge on any atom is 0.305 e. The Hall–Kier alpha value is -2.05. The monoisotopic (exact) mass is 436 g/mol. The van der Waals surface area contributed by atoms with Crippen molar-refractivity contribution in [2.24, 2.45) is 5.92 Å². The van der Waals surface area contributed by atoms with Crippen molar-refractivity contribution in [3.8, 4) is 5.75 Å². The van der Waals surface area contributed by atoms with Gasteiger partial charge < -0.3 is 20.1 Å². The maximum absolute atomic E-state index is 11.5. The molecule has 1 atom stereocenters. The van der Waals surface area contributed by atoms with Gasteiger partial charge in [0.25, 0.3) is 0 Å². The molecule has 1 unspecified atom stereocenters. The number of likely N-dealkylation sites (N-methyl/N-ethyl adjacent to an activating group) is 1. The zero-order valence-corrected chi connectivity index (χ0v) is 18.9. The molecule has 1 aromatic rings. The Morgan fingerprint density at radius 1 is 1.40 bits per heavy atom. The number of rotatable bonds is 11. The lowest BCUT2D eigenvalue weighted by Crippen LogP contribution is -2.44. The van der Waals surface area contributed by atoms with Crippen LogP contribution < -0.4 is 10.1 Å². The van der Waals surface area contributed by atoms with E-state index >= 15 is 0 Å². The Morgan fingerprint density at radius 2 is 2.17 bits per heavy atom. The molecule has 2 N–H and O–H groups in total. The second-order valence-corrected chi connectivity index (χ2v) is 8.59. The van der Waals surface area contributed by atoms with E-state index in [4.69, 9.17) is 21.4 Å². The minimum Gasteiger partial charge on any atom is -0.492 e. The predicted octanol–water partition coefficient (Wildman–Crippen LogP) is 4.57. The average molecular weight is 437 g/mol. The van der Waals surface area contributed by atoms with E-state index in [2.05, 4.69) is 19.2 Å². The third-order valence-corrected chi connectivity index (χ3v) is 5.94. The van der Waals surface area contributed by atoms with Crippen molar-refractivity contribution < 1.29 is 19.4 Å². The molecule has 1 fully saturated rings. The van der Waals surface area contributed by atoms with Crippen molar-refractivity contribution in [3.63, 3.8) is 0 Å². The molecule has 0 aromatic heterocycles. The first-order chi connectivity index (χ1) is 14.3. The van der Waals surface area contributed by atoms with Crippen LogP contribution in [0.1, 0.15) is 57.9 Å². The standard InChI is InChI=1S/C23H33ClN2O4/c1-17(2)10-13-30-21-8-7-18(14-20(21)24)23(25-3)11-5-4-6-19(23)15-26(16-27)12-9-22(28)29/h7-8,14-17,25H,4-6,9-13H2,1-3H3,(H,28,29)/b19-15-. The number of hydrogen-bond acceptors (Lipinski definition) is 4. The molecule has 1 saturated carbocycles. The van der Waals surface area contributed by atoms with Crippen molar-refractivity contribution in [2.75, 3.05) is 20.2 Å². The molecule has 1 aromatic carbocycles. The van der Waals surface area contributed by atoms with Crippen LogP contribution in [0, 0.1) is 5.92 Å². The normalized spacial score (nSPS) is 20.4. The summed E-state index contributed by atoms with van der Waals surface area (Å²) < 4.78 is 5.84. The molecule has 0 radical (unpaired) electrons. The molecule has 1 aliphatic rings. The van der Waals surface area contributed by atoms with Gasteiger partial charge in [-0.2, -0.15) is 0 Å². The molecule has 1 amide bonds. The summed E-state index contributed by atoms with van der Waals surface area (Å²) in [4.78, 5) is 23.8. The second-order valence-electron chi connectivity index (χ2n) is 8.18. The van der Waals surface area contributed by atoms with Crippen LogP contribution in [0.5, 0.6) is 5.75 Å². The number of amides is 1. The highest BCUT2D eigenvalue weighted by Gasteiger charge is 2.37. The van der Waals surface area contributed by atoms with E-state index in [1.165, 1.54) is 4.90 Å². The van der Waals surface area contributed by atoms with Gasteiger partial charge in [0.1, 0.15) is 5.75 Å². The summed E-state index contributed by atoms with van der Waals surface area (Å²) in [6, 6.07) is 5.87. The fourth-order valence-corrected chi connectivity index (χ4v) is 4.11. The SMILES string of the molecule is CNC1(c2ccc(OCCC(C)C)c(Cl)c2)CCCC/C1=C/N(C=O)CCC(=O)O. The summed E-state index contributed by atoms with van der Waals surface area (Å²) in [5, 5.41) is 13.0. The zero-order chi connectivity index (χ0) is 22.1. The Kier molecular flexibility index (Phi) is 9.18. The van der Waals surface area contributed by atoms with E-state index in [0.717, 1.165) is 43.2 Å². The quantitative estimate of drug-likeness (QED) is 0.497. The molecule has 0 heterocycles. The molecule has 6 nitrogen and oxygen atoms in total. The number of hydrogen-bond donors (Lipinski definition) is 2. The van der Waals surface area contributed by atoms with Crippen LogP contribution in [0.2, 0.25) is 5.02 Å². The van der Waals surface area contributed by atoms with Crippen molar-refractivity contribution >= 4 is 24.0 Å². The highest BCUT2D eigenvalue weighted by molar-refractivity contribution is 6.32. The van der Waals surface area contributed by atoms with Crippen molar-refractivity contribution in [1.82, 2.24) is 10.2 Å². The molecule has 0 saturated heterocycles. The van der Waals surface area contributed by atoms with E-state index in [1.807, 2.05) is 25.2 Å². The molecule has 30 heavy (non-hydrogen) atoms. The lowest BCUT2D eigenvalue weighted by molar-refractivity contribution is -0.137. The number of aliphatic carboxylic acids is 1. The van der Waals surface area contributed by atoms with Crippen LogP contribution in [0.3, 0.4) is 0 Å². The summed E-state index contributed by atoms with van der Waals surface area (Å²) in [5.41, 5.74) is 1.61. The van der Waals surface area contributed by atoms with E-state index < -0.39 is 11.5 Å². The fraction of sp³-hybridized carbons (Fsp3) is 0.565. The van der Waals surface area contributed by atoms with Crippen molar-refractivity contribution in [1.29, 1.82) is 0 Å². The van der Waals surface area contributed by atoms with Gasteiger partial charge in [-0.1, -0.05) is 37.9 Å². The van der Waals surface area contributed by atoms with Crippen molar-refractivity contribution in [3.05, 3.63) is 40.6 Å². The highest BCUT2D eigenvalue weighted by atomic mass is 35.5. The summed E-state index contributed by atoms with van der Waals surface area (Å²) in [6.45, 7) is 5.07. The molecule has 166 valence electrons. The molecule has 0 bridgehead atoms. The maximum atomic E-state index is 11.5. The second kappa shape index (κ2) is 11.4. The molecule has 7 heteroatoms. The van der Waals surface area contributed by atoms with E-state index in [1.54, 1.807) is 6.20 Å². The third kappa shape index (κ3) is 6.22. The number of carbonyl (C=O) groups is 2. The Morgan fingerprint density at radius 3 is 2.77 bits per heavy atom. The van der Waals surface area contributed by atoms with Gasteiger partial charge in [0.15, 0.2) is 0 Å². The fourth-order valence-electron chi connectivity index (χ4n) is 3.87. The van der Waals surface area contributed by atoms with Crippen LogP contribution in [0.4, 0.5) is 0 Å². The minimum absolute atomic E-state index is 0.0939. The molecule has 0 spiro atoms. The molecule has 0 aliphatic heterocycles. The van der Waals surface area contributed by atoms with Crippen LogP contribution in [-0.2, 0) is 15.1 Å².